The molecule has 0 aliphatic heterocycles. The smallest absolute Gasteiger partial charge is 0.342 e. The van der Waals surface area contributed by atoms with Crippen molar-refractivity contribution in [2.45, 2.75) is 76.7 Å². The number of carbonyl (C=O) groups is 1. The molecule has 7 nitrogen and oxygen atoms in total. The Morgan fingerprint density at radius 2 is 1.74 bits per heavy atom. The van der Waals surface area contributed by atoms with E-state index in [0.29, 0.717) is 10.8 Å². The molecule has 11 heteroatoms. The minimum absolute atomic E-state index is 0.0798. The molecule has 0 bridgehead atoms. The van der Waals surface area contributed by atoms with Gasteiger partial charge in [0, 0.05) is 29.4 Å². The first-order chi connectivity index (χ1) is 15.9. The van der Waals surface area contributed by atoms with Crippen LogP contribution in [0.25, 0.3) is 0 Å². The van der Waals surface area contributed by atoms with Crippen LogP contribution >= 0.6 is 34.8 Å². The molecule has 1 aromatic carbocycles. The summed E-state index contributed by atoms with van der Waals surface area (Å²) in [4.78, 5) is 21.5. The van der Waals surface area contributed by atoms with Gasteiger partial charge in [0.05, 0.1) is 15.7 Å². The summed E-state index contributed by atoms with van der Waals surface area (Å²) >= 11 is 18.5. The highest BCUT2D eigenvalue weighted by Gasteiger charge is 2.40. The molecule has 1 heterocycles. The zero-order valence-corrected chi connectivity index (χ0v) is 23.4. The lowest BCUT2D eigenvalue weighted by atomic mass is 9.94. The number of carbonyl (C=O) groups excluding carboxylic acids is 1. The van der Waals surface area contributed by atoms with Crippen LogP contribution in [0.4, 0.5) is 16.3 Å². The quantitative estimate of drug-likeness (QED) is 0.294. The van der Waals surface area contributed by atoms with E-state index in [1.165, 1.54) is 23.5 Å². The number of nitrogens with one attached hydrogen (secondary N) is 2. The Morgan fingerprint density at radius 3 is 2.26 bits per heavy atom. The molecule has 1 aromatic heterocycles. The van der Waals surface area contributed by atoms with Gasteiger partial charge < -0.3 is 9.74 Å². The highest BCUT2D eigenvalue weighted by Crippen LogP contribution is 2.39. The van der Waals surface area contributed by atoms with Gasteiger partial charge in [-0.25, -0.2) is 25.2 Å². The van der Waals surface area contributed by atoms with Crippen LogP contribution in [0.5, 0.6) is 0 Å². The Morgan fingerprint density at radius 1 is 1.12 bits per heavy atom. The molecular formula is C23H32Cl3N5O2Si. The van der Waals surface area contributed by atoms with E-state index in [2.05, 4.69) is 54.6 Å². The number of benzene rings is 1. The van der Waals surface area contributed by atoms with Crippen molar-refractivity contribution >= 4 is 60.7 Å². The van der Waals surface area contributed by atoms with Crippen LogP contribution in [0.1, 0.15) is 46.5 Å². The van der Waals surface area contributed by atoms with Gasteiger partial charge in [0.1, 0.15) is 6.33 Å². The zero-order chi connectivity index (χ0) is 25.1. The standard InChI is InChI=1S/C23H32Cl3N5O2Si/c1-23(2,3)34(4,5)33-17-8-6-16(7-9-17)30-31(20-10-11-27-14-28-20)22(32)29-21-18(25)12-15(24)13-19(21)26/h10-14,16-17,30H,6-9H2,1-5H3,(H,29,32)/t16-,17-. The molecule has 1 fully saturated rings. The maximum absolute atomic E-state index is 13.3. The first-order valence-corrected chi connectivity index (χ1v) is 15.4. The van der Waals surface area contributed by atoms with Crippen molar-refractivity contribution in [2.24, 2.45) is 0 Å². The number of aromatic nitrogens is 2. The van der Waals surface area contributed by atoms with Crippen LogP contribution < -0.4 is 15.8 Å². The Bertz CT molecular complexity index is 973. The number of hydrogen-bond donors (Lipinski definition) is 2. The summed E-state index contributed by atoms with van der Waals surface area (Å²) in [6.07, 6.45) is 6.82. The fourth-order valence-electron chi connectivity index (χ4n) is 3.56. The number of rotatable bonds is 6. The van der Waals surface area contributed by atoms with Crippen molar-refractivity contribution in [3.8, 4) is 0 Å². The number of hydrazine groups is 1. The normalized spacial score (nSPS) is 19.1. The van der Waals surface area contributed by atoms with Gasteiger partial charge in [-0.05, 0) is 55.9 Å². The van der Waals surface area contributed by atoms with Crippen LogP contribution in [-0.2, 0) is 4.43 Å². The van der Waals surface area contributed by atoms with Gasteiger partial charge in [-0.1, -0.05) is 55.6 Å². The van der Waals surface area contributed by atoms with Crippen molar-refractivity contribution in [3.05, 3.63) is 45.8 Å². The van der Waals surface area contributed by atoms with E-state index >= 15 is 0 Å². The summed E-state index contributed by atoms with van der Waals surface area (Å²) in [6, 6.07) is 4.32. The van der Waals surface area contributed by atoms with Crippen LogP contribution in [0, 0.1) is 0 Å². The molecule has 1 aliphatic rings. The number of anilines is 2. The number of hydrogen-bond acceptors (Lipinski definition) is 5. The Hall–Kier alpha value is -1.42. The molecule has 34 heavy (non-hydrogen) atoms. The van der Waals surface area contributed by atoms with Crippen LogP contribution in [0.2, 0.25) is 33.2 Å². The Kier molecular flexibility index (Phi) is 8.87. The van der Waals surface area contributed by atoms with Crippen LogP contribution in [0.3, 0.4) is 0 Å². The van der Waals surface area contributed by atoms with E-state index in [-0.39, 0.29) is 32.9 Å². The average molecular weight is 545 g/mol. The second-order valence-electron chi connectivity index (χ2n) is 10.1. The van der Waals surface area contributed by atoms with Crippen molar-refractivity contribution in [3.63, 3.8) is 0 Å². The lowest BCUT2D eigenvalue weighted by Crippen LogP contribution is -2.53. The minimum Gasteiger partial charge on any atom is -0.414 e. The van der Waals surface area contributed by atoms with Crippen molar-refractivity contribution in [1.29, 1.82) is 0 Å². The molecule has 1 aliphatic carbocycles. The van der Waals surface area contributed by atoms with E-state index in [0.717, 1.165) is 25.7 Å². The summed E-state index contributed by atoms with van der Waals surface area (Å²) in [5.74, 6) is 0.411. The third kappa shape index (κ3) is 6.83. The van der Waals surface area contributed by atoms with Gasteiger partial charge in [-0.2, -0.15) is 0 Å². The summed E-state index contributed by atoms with van der Waals surface area (Å²) in [7, 11) is -1.82. The van der Waals surface area contributed by atoms with Gasteiger partial charge in [-0.15, -0.1) is 0 Å². The largest absolute Gasteiger partial charge is 0.414 e. The third-order valence-corrected chi connectivity index (χ3v) is 11.8. The Labute approximate surface area is 217 Å². The van der Waals surface area contributed by atoms with Crippen LogP contribution in [0.15, 0.2) is 30.7 Å². The van der Waals surface area contributed by atoms with E-state index in [1.54, 1.807) is 12.3 Å². The predicted octanol–water partition coefficient (Wildman–Crippen LogP) is 7.31. The van der Waals surface area contributed by atoms with Crippen molar-refractivity contribution in [1.82, 2.24) is 15.4 Å². The third-order valence-electron chi connectivity index (χ3n) is 6.49. The van der Waals surface area contributed by atoms with Crippen LogP contribution in [-0.4, -0.2) is 36.5 Å². The minimum atomic E-state index is -1.82. The van der Waals surface area contributed by atoms with Gasteiger partial charge >= 0.3 is 6.03 Å². The summed E-state index contributed by atoms with van der Waals surface area (Å²) in [6.45, 7) is 11.3. The fraction of sp³-hybridized carbons (Fsp3) is 0.522. The average Bonchev–Trinajstić information content (AvgIpc) is 2.75. The number of urea groups is 1. The van der Waals surface area contributed by atoms with Gasteiger partial charge in [0.15, 0.2) is 14.1 Å². The summed E-state index contributed by atoms with van der Waals surface area (Å²) in [5.41, 5.74) is 3.61. The first-order valence-electron chi connectivity index (χ1n) is 11.3. The van der Waals surface area contributed by atoms with E-state index in [4.69, 9.17) is 39.2 Å². The highest BCUT2D eigenvalue weighted by molar-refractivity contribution is 6.74. The van der Waals surface area contributed by atoms with E-state index < -0.39 is 14.3 Å². The Balaban J connectivity index is 1.70. The fourth-order valence-corrected chi connectivity index (χ4v) is 5.89. The zero-order valence-electron chi connectivity index (χ0n) is 20.2. The molecule has 0 radical (unpaired) electrons. The molecule has 2 aromatic rings. The molecule has 0 saturated heterocycles. The predicted molar refractivity (Wildman–Crippen MR) is 142 cm³/mol. The second-order valence-corrected chi connectivity index (χ2v) is 16.1. The van der Waals surface area contributed by atoms with Gasteiger partial charge in [-0.3, -0.25) is 0 Å². The van der Waals surface area contributed by atoms with Gasteiger partial charge in [0.25, 0.3) is 0 Å². The van der Waals surface area contributed by atoms with Crippen molar-refractivity contribution < 1.29 is 9.22 Å². The SMILES string of the molecule is CC(C)(C)[Si](C)(C)O[C@H]1CC[C@H](NN(C(=O)Nc2c(Cl)cc(Cl)cc2Cl)c2ccncn2)CC1. The number of nitrogens with zero attached hydrogens (tertiary/aromatic N) is 3. The second kappa shape index (κ2) is 11.1. The molecule has 0 unspecified atom stereocenters. The lowest BCUT2D eigenvalue weighted by molar-refractivity contribution is 0.124. The molecule has 1 saturated carbocycles. The summed E-state index contributed by atoms with van der Waals surface area (Å²) < 4.78 is 6.60. The number of halogens is 3. The van der Waals surface area contributed by atoms with E-state index in [9.17, 15) is 4.79 Å². The molecule has 2 amide bonds. The first kappa shape index (κ1) is 27.2. The van der Waals surface area contributed by atoms with Gasteiger partial charge in [0.2, 0.25) is 0 Å². The molecule has 0 spiro atoms. The highest BCUT2D eigenvalue weighted by atomic mass is 35.5. The molecule has 2 N–H and O–H groups in total. The molecular weight excluding hydrogens is 513 g/mol. The van der Waals surface area contributed by atoms with E-state index in [1.807, 2.05) is 0 Å². The number of amides is 2. The molecule has 186 valence electrons. The maximum atomic E-state index is 13.3. The maximum Gasteiger partial charge on any atom is 0.342 e. The molecule has 3 rings (SSSR count). The van der Waals surface area contributed by atoms with Crippen molar-refractivity contribution in [2.75, 3.05) is 10.3 Å². The summed E-state index contributed by atoms with van der Waals surface area (Å²) in [5, 5.41) is 5.20. The topological polar surface area (TPSA) is 79.4 Å². The molecule has 0 atom stereocenters. The monoisotopic (exact) mass is 543 g/mol. The lowest BCUT2D eigenvalue weighted by Gasteiger charge is -2.41.